The average Bonchev–Trinajstić information content (AvgIpc) is 3.21. The first-order valence-electron chi connectivity index (χ1n) is 10.9. The number of hydrogen-bond donors (Lipinski definition) is 1. The van der Waals surface area contributed by atoms with Crippen LogP contribution in [-0.4, -0.2) is 51.8 Å². The number of nitrogens with one attached hydrogen (secondary N) is 1. The Kier molecular flexibility index (Phi) is 7.28. The van der Waals surface area contributed by atoms with Crippen LogP contribution in [0.1, 0.15) is 30.4 Å². The van der Waals surface area contributed by atoms with Crippen molar-refractivity contribution < 1.29 is 31.1 Å². The Hall–Kier alpha value is -2.14. The molecule has 2 fully saturated rings. The van der Waals surface area contributed by atoms with E-state index < -0.39 is 21.8 Å². The Bertz CT molecular complexity index is 1040. The molecule has 1 N–H and O–H groups in total. The summed E-state index contributed by atoms with van der Waals surface area (Å²) in [7, 11) is -4.04. The van der Waals surface area contributed by atoms with Crippen LogP contribution in [0.4, 0.5) is 13.2 Å². The third-order valence-electron chi connectivity index (χ3n) is 5.87. The summed E-state index contributed by atoms with van der Waals surface area (Å²) in [4.78, 5) is 1.74. The molecule has 2 aliphatic heterocycles. The Morgan fingerprint density at radius 1 is 1.06 bits per heavy atom. The Morgan fingerprint density at radius 2 is 1.79 bits per heavy atom. The molecule has 180 valence electrons. The topological polar surface area (TPSA) is 67.9 Å². The van der Waals surface area contributed by atoms with Crippen molar-refractivity contribution in [2.24, 2.45) is 0 Å². The van der Waals surface area contributed by atoms with Gasteiger partial charge in [0.2, 0.25) is 10.0 Å². The SMILES string of the molecule is O=S(=O)(N[C@@H]1CCN(Cc2ccc(OC3CCOCC3)cc2)C1)c1cccc(C(F)(F)F)c1. The van der Waals surface area contributed by atoms with Gasteiger partial charge in [0.15, 0.2) is 0 Å². The fourth-order valence-corrected chi connectivity index (χ4v) is 5.42. The van der Waals surface area contributed by atoms with Crippen molar-refractivity contribution in [3.8, 4) is 5.75 Å². The van der Waals surface area contributed by atoms with Gasteiger partial charge in [-0.1, -0.05) is 18.2 Å². The number of likely N-dealkylation sites (tertiary alicyclic amines) is 1. The zero-order chi connectivity index (χ0) is 23.5. The summed E-state index contributed by atoms with van der Waals surface area (Å²) in [6.45, 7) is 3.26. The summed E-state index contributed by atoms with van der Waals surface area (Å²) in [5, 5.41) is 0. The van der Waals surface area contributed by atoms with Gasteiger partial charge < -0.3 is 9.47 Å². The second-order valence-corrected chi connectivity index (χ2v) is 10.2. The minimum atomic E-state index is -4.60. The molecule has 2 aromatic carbocycles. The van der Waals surface area contributed by atoms with Gasteiger partial charge in [-0.15, -0.1) is 0 Å². The molecule has 0 radical (unpaired) electrons. The second-order valence-electron chi connectivity index (χ2n) is 8.44. The normalized spacial score (nSPS) is 20.8. The van der Waals surface area contributed by atoms with Gasteiger partial charge in [-0.2, -0.15) is 13.2 Å². The molecule has 0 aromatic heterocycles. The fourth-order valence-electron chi connectivity index (χ4n) is 4.12. The number of nitrogens with zero attached hydrogens (tertiary/aromatic N) is 1. The lowest BCUT2D eigenvalue weighted by Crippen LogP contribution is -2.37. The van der Waals surface area contributed by atoms with E-state index in [2.05, 4.69) is 9.62 Å². The van der Waals surface area contributed by atoms with E-state index in [1.165, 1.54) is 6.07 Å². The number of alkyl halides is 3. The van der Waals surface area contributed by atoms with Crippen LogP contribution in [0, 0.1) is 0 Å². The van der Waals surface area contributed by atoms with Crippen molar-refractivity contribution in [3.63, 3.8) is 0 Å². The Labute approximate surface area is 191 Å². The molecule has 6 nitrogen and oxygen atoms in total. The zero-order valence-corrected chi connectivity index (χ0v) is 18.9. The van der Waals surface area contributed by atoms with Crippen LogP contribution in [0.5, 0.6) is 5.75 Å². The minimum Gasteiger partial charge on any atom is -0.490 e. The third-order valence-corrected chi connectivity index (χ3v) is 7.38. The molecule has 0 saturated carbocycles. The molecule has 4 rings (SSSR count). The highest BCUT2D eigenvalue weighted by Gasteiger charge is 2.33. The highest BCUT2D eigenvalue weighted by molar-refractivity contribution is 7.89. The quantitative estimate of drug-likeness (QED) is 0.647. The summed E-state index contributed by atoms with van der Waals surface area (Å²) in [5.74, 6) is 0.818. The summed E-state index contributed by atoms with van der Waals surface area (Å²) in [6, 6.07) is 11.3. The lowest BCUT2D eigenvalue weighted by atomic mass is 10.1. The standard InChI is InChI=1S/C23H27F3N2O4S/c24-23(25,26)18-2-1-3-22(14-18)33(29,30)27-19-8-11-28(16-19)15-17-4-6-20(7-5-17)32-21-9-12-31-13-10-21/h1-7,14,19,21,27H,8-13,15-16H2/t19-/m1/s1. The van der Waals surface area contributed by atoms with Gasteiger partial charge in [0.25, 0.3) is 0 Å². The molecule has 0 aliphatic carbocycles. The predicted molar refractivity (Wildman–Crippen MR) is 116 cm³/mol. The molecule has 1 atom stereocenters. The molecule has 0 amide bonds. The van der Waals surface area contributed by atoms with Crippen molar-refractivity contribution in [2.75, 3.05) is 26.3 Å². The lowest BCUT2D eigenvalue weighted by molar-refractivity contribution is -0.137. The predicted octanol–water partition coefficient (Wildman–Crippen LogP) is 3.82. The van der Waals surface area contributed by atoms with Crippen LogP contribution in [0.15, 0.2) is 53.4 Å². The van der Waals surface area contributed by atoms with E-state index in [0.717, 1.165) is 49.5 Å². The molecule has 10 heteroatoms. The van der Waals surface area contributed by atoms with E-state index in [-0.39, 0.29) is 17.0 Å². The van der Waals surface area contributed by atoms with Crippen LogP contribution < -0.4 is 9.46 Å². The number of sulfonamides is 1. The molecule has 2 aliphatic rings. The maximum absolute atomic E-state index is 12.9. The first-order valence-corrected chi connectivity index (χ1v) is 12.4. The summed E-state index contributed by atoms with van der Waals surface area (Å²) in [5.41, 5.74) is 0.0957. The van der Waals surface area contributed by atoms with Crippen molar-refractivity contribution in [1.29, 1.82) is 0 Å². The van der Waals surface area contributed by atoms with Crippen LogP contribution in [0.25, 0.3) is 0 Å². The molecule has 0 unspecified atom stereocenters. The molecule has 2 heterocycles. The van der Waals surface area contributed by atoms with Crippen molar-refractivity contribution >= 4 is 10.0 Å². The van der Waals surface area contributed by atoms with Gasteiger partial charge in [-0.25, -0.2) is 13.1 Å². The molecular weight excluding hydrogens is 457 g/mol. The molecule has 2 aromatic rings. The van der Waals surface area contributed by atoms with Crippen molar-refractivity contribution in [1.82, 2.24) is 9.62 Å². The number of halogens is 3. The smallest absolute Gasteiger partial charge is 0.416 e. The van der Waals surface area contributed by atoms with E-state index in [0.29, 0.717) is 32.1 Å². The lowest BCUT2D eigenvalue weighted by Gasteiger charge is -2.23. The van der Waals surface area contributed by atoms with E-state index in [4.69, 9.17) is 9.47 Å². The van der Waals surface area contributed by atoms with E-state index >= 15 is 0 Å². The maximum Gasteiger partial charge on any atom is 0.416 e. The first-order chi connectivity index (χ1) is 15.7. The van der Waals surface area contributed by atoms with Gasteiger partial charge >= 0.3 is 6.18 Å². The van der Waals surface area contributed by atoms with E-state index in [1.54, 1.807) is 0 Å². The summed E-state index contributed by atoms with van der Waals surface area (Å²) >= 11 is 0. The van der Waals surface area contributed by atoms with Crippen LogP contribution in [0.2, 0.25) is 0 Å². The second kappa shape index (κ2) is 10.0. The highest BCUT2D eigenvalue weighted by Crippen LogP contribution is 2.30. The van der Waals surface area contributed by atoms with Gasteiger partial charge in [0.05, 0.1) is 23.7 Å². The Morgan fingerprint density at radius 3 is 2.48 bits per heavy atom. The number of ether oxygens (including phenoxy) is 2. The third kappa shape index (κ3) is 6.47. The van der Waals surface area contributed by atoms with Gasteiger partial charge in [-0.05, 0) is 42.3 Å². The van der Waals surface area contributed by atoms with Crippen molar-refractivity contribution in [3.05, 3.63) is 59.7 Å². The Balaban J connectivity index is 1.30. The molecule has 33 heavy (non-hydrogen) atoms. The van der Waals surface area contributed by atoms with Gasteiger partial charge in [0.1, 0.15) is 11.9 Å². The zero-order valence-electron chi connectivity index (χ0n) is 18.1. The molecular formula is C23H27F3N2O4S. The summed E-state index contributed by atoms with van der Waals surface area (Å²) in [6.07, 6.45) is -2.07. The fraction of sp³-hybridized carbons (Fsp3) is 0.478. The number of hydrogen-bond acceptors (Lipinski definition) is 5. The summed E-state index contributed by atoms with van der Waals surface area (Å²) < 4.78 is 77.9. The monoisotopic (exact) mass is 484 g/mol. The molecule has 0 spiro atoms. The average molecular weight is 485 g/mol. The minimum absolute atomic E-state index is 0.175. The molecule has 0 bridgehead atoms. The maximum atomic E-state index is 12.9. The van der Waals surface area contributed by atoms with Crippen LogP contribution in [-0.2, 0) is 27.5 Å². The van der Waals surface area contributed by atoms with E-state index in [1.807, 2.05) is 24.3 Å². The van der Waals surface area contributed by atoms with Crippen LogP contribution >= 0.6 is 0 Å². The van der Waals surface area contributed by atoms with Crippen molar-refractivity contribution in [2.45, 2.75) is 49.0 Å². The highest BCUT2D eigenvalue weighted by atomic mass is 32.2. The first kappa shape index (κ1) is 24.0. The molecule has 2 saturated heterocycles. The van der Waals surface area contributed by atoms with E-state index in [9.17, 15) is 21.6 Å². The number of rotatable bonds is 7. The largest absolute Gasteiger partial charge is 0.490 e. The van der Waals surface area contributed by atoms with Gasteiger partial charge in [-0.3, -0.25) is 4.90 Å². The van der Waals surface area contributed by atoms with Gasteiger partial charge in [0, 0.05) is 38.5 Å². The number of benzene rings is 2. The van der Waals surface area contributed by atoms with Crippen LogP contribution in [0.3, 0.4) is 0 Å².